The van der Waals surface area contributed by atoms with Crippen LogP contribution in [0, 0.1) is 0 Å². The summed E-state index contributed by atoms with van der Waals surface area (Å²) in [7, 11) is 0. The molecule has 4 heteroatoms. The van der Waals surface area contributed by atoms with E-state index >= 15 is 0 Å². The first-order valence-electron chi connectivity index (χ1n) is 7.40. The number of nitrogens with one attached hydrogen (secondary N) is 1. The molecular weight excluding hydrogens is 278 g/mol. The molecule has 3 N–H and O–H groups in total. The van der Waals surface area contributed by atoms with Crippen LogP contribution in [0.15, 0.2) is 54.6 Å². The van der Waals surface area contributed by atoms with Gasteiger partial charge in [-0.1, -0.05) is 54.6 Å². The van der Waals surface area contributed by atoms with Crippen molar-refractivity contribution < 1.29 is 15.0 Å². The lowest BCUT2D eigenvalue weighted by Crippen LogP contribution is -2.35. The van der Waals surface area contributed by atoms with Crippen LogP contribution in [0.4, 0.5) is 4.79 Å². The fourth-order valence-corrected chi connectivity index (χ4v) is 2.58. The Hall–Kier alpha value is -2.33. The summed E-state index contributed by atoms with van der Waals surface area (Å²) >= 11 is 0. The molecule has 22 heavy (non-hydrogen) atoms. The van der Waals surface area contributed by atoms with Crippen molar-refractivity contribution in [2.45, 2.75) is 31.9 Å². The van der Waals surface area contributed by atoms with Gasteiger partial charge >= 0.3 is 6.09 Å². The van der Waals surface area contributed by atoms with Crippen molar-refractivity contribution in [3.8, 4) is 0 Å². The maximum Gasteiger partial charge on any atom is 0.404 e. The van der Waals surface area contributed by atoms with Crippen LogP contribution >= 0.6 is 0 Å². The fourth-order valence-electron chi connectivity index (χ4n) is 2.58. The lowest BCUT2D eigenvalue weighted by Gasteiger charge is -2.18. The molecule has 0 fully saturated rings. The summed E-state index contributed by atoms with van der Waals surface area (Å²) in [5, 5.41) is 21.0. The number of benzene rings is 2. The van der Waals surface area contributed by atoms with E-state index in [0.29, 0.717) is 12.8 Å². The molecule has 0 heterocycles. The van der Waals surface area contributed by atoms with Gasteiger partial charge in [-0.3, -0.25) is 0 Å². The largest absolute Gasteiger partial charge is 0.465 e. The van der Waals surface area contributed by atoms with Crippen LogP contribution in [0.5, 0.6) is 0 Å². The Labute approximate surface area is 130 Å². The van der Waals surface area contributed by atoms with Gasteiger partial charge < -0.3 is 15.5 Å². The van der Waals surface area contributed by atoms with Gasteiger partial charge in [0, 0.05) is 6.04 Å². The maximum atomic E-state index is 11.0. The van der Waals surface area contributed by atoms with E-state index in [0.717, 1.165) is 23.1 Å². The fraction of sp³-hybridized carbons (Fsp3) is 0.278. The third kappa shape index (κ3) is 4.90. The van der Waals surface area contributed by atoms with E-state index in [2.05, 4.69) is 5.32 Å². The second kappa shape index (κ2) is 8.20. The first-order valence-corrected chi connectivity index (χ1v) is 7.40. The van der Waals surface area contributed by atoms with Crippen LogP contribution in [-0.2, 0) is 19.4 Å². The number of amides is 1. The van der Waals surface area contributed by atoms with Gasteiger partial charge in [0.25, 0.3) is 0 Å². The van der Waals surface area contributed by atoms with Crippen molar-refractivity contribution in [3.63, 3.8) is 0 Å². The molecule has 116 valence electrons. The predicted molar refractivity (Wildman–Crippen MR) is 85.8 cm³/mol. The summed E-state index contributed by atoms with van der Waals surface area (Å²) in [6.45, 7) is 0.00584. The van der Waals surface area contributed by atoms with Crippen molar-refractivity contribution in [2.24, 2.45) is 0 Å². The van der Waals surface area contributed by atoms with Gasteiger partial charge in [0.1, 0.15) is 0 Å². The normalized spacial score (nSPS) is 11.9. The molecule has 1 atom stereocenters. The molecule has 4 nitrogen and oxygen atoms in total. The number of carbonyl (C=O) groups is 1. The second-order valence-electron chi connectivity index (χ2n) is 5.30. The second-order valence-corrected chi connectivity index (χ2v) is 5.30. The summed E-state index contributed by atoms with van der Waals surface area (Å²) in [5.74, 6) is 0. The van der Waals surface area contributed by atoms with Crippen molar-refractivity contribution in [2.75, 3.05) is 0 Å². The lowest BCUT2D eigenvalue weighted by atomic mass is 9.97. The Balaban J connectivity index is 2.02. The smallest absolute Gasteiger partial charge is 0.404 e. The third-order valence-corrected chi connectivity index (χ3v) is 3.70. The molecule has 2 aromatic rings. The maximum absolute atomic E-state index is 11.0. The van der Waals surface area contributed by atoms with Gasteiger partial charge in [-0.25, -0.2) is 4.79 Å². The molecule has 0 aliphatic rings. The highest BCUT2D eigenvalue weighted by Gasteiger charge is 2.13. The summed E-state index contributed by atoms with van der Waals surface area (Å²) in [6, 6.07) is 17.4. The van der Waals surface area contributed by atoms with Crippen LogP contribution in [0.1, 0.15) is 23.1 Å². The highest BCUT2D eigenvalue weighted by atomic mass is 16.4. The number of hydrogen-bond acceptors (Lipinski definition) is 2. The summed E-state index contributed by atoms with van der Waals surface area (Å²) < 4.78 is 0. The number of aliphatic hydroxyl groups is 1. The molecule has 0 radical (unpaired) electrons. The van der Waals surface area contributed by atoms with E-state index in [-0.39, 0.29) is 12.6 Å². The molecule has 0 spiro atoms. The topological polar surface area (TPSA) is 69.6 Å². The minimum absolute atomic E-state index is 0.00584. The van der Waals surface area contributed by atoms with E-state index in [1.54, 1.807) is 0 Å². The highest BCUT2D eigenvalue weighted by molar-refractivity contribution is 5.64. The Morgan fingerprint density at radius 2 is 1.64 bits per heavy atom. The SMILES string of the molecule is O=C(O)NC(CCc1ccccc1CO)Cc1ccccc1. The minimum atomic E-state index is -1.00. The first-order chi connectivity index (χ1) is 10.7. The van der Waals surface area contributed by atoms with Gasteiger partial charge in [-0.15, -0.1) is 0 Å². The Kier molecular flexibility index (Phi) is 5.98. The molecule has 0 aliphatic carbocycles. The molecule has 0 bridgehead atoms. The van der Waals surface area contributed by atoms with Crippen molar-refractivity contribution >= 4 is 6.09 Å². The number of aliphatic hydroxyl groups excluding tert-OH is 1. The monoisotopic (exact) mass is 299 g/mol. The van der Waals surface area contributed by atoms with Crippen LogP contribution < -0.4 is 5.32 Å². The van der Waals surface area contributed by atoms with Crippen LogP contribution in [0.25, 0.3) is 0 Å². The molecule has 1 amide bonds. The molecule has 1 unspecified atom stereocenters. The summed E-state index contributed by atoms with van der Waals surface area (Å²) in [5.41, 5.74) is 3.07. The zero-order valence-electron chi connectivity index (χ0n) is 12.4. The zero-order chi connectivity index (χ0) is 15.8. The van der Waals surface area contributed by atoms with Crippen molar-refractivity contribution in [1.82, 2.24) is 5.32 Å². The third-order valence-electron chi connectivity index (χ3n) is 3.70. The number of hydrogen-bond donors (Lipinski definition) is 3. The number of carboxylic acid groups (broad SMARTS) is 1. The van der Waals surface area contributed by atoms with Crippen LogP contribution in [-0.4, -0.2) is 22.3 Å². The zero-order valence-corrected chi connectivity index (χ0v) is 12.4. The Morgan fingerprint density at radius 1 is 1.00 bits per heavy atom. The van der Waals surface area contributed by atoms with E-state index in [4.69, 9.17) is 5.11 Å². The minimum Gasteiger partial charge on any atom is -0.465 e. The van der Waals surface area contributed by atoms with E-state index in [1.165, 1.54) is 0 Å². The predicted octanol–water partition coefficient (Wildman–Crippen LogP) is 2.99. The van der Waals surface area contributed by atoms with Crippen molar-refractivity contribution in [3.05, 3.63) is 71.3 Å². The van der Waals surface area contributed by atoms with E-state index in [1.807, 2.05) is 54.6 Å². The molecule has 2 rings (SSSR count). The van der Waals surface area contributed by atoms with E-state index in [9.17, 15) is 9.90 Å². The van der Waals surface area contributed by atoms with Gasteiger partial charge in [-0.2, -0.15) is 0 Å². The average Bonchev–Trinajstić information content (AvgIpc) is 2.53. The lowest BCUT2D eigenvalue weighted by molar-refractivity contribution is 0.189. The average molecular weight is 299 g/mol. The van der Waals surface area contributed by atoms with Crippen LogP contribution in [0.2, 0.25) is 0 Å². The van der Waals surface area contributed by atoms with Crippen LogP contribution in [0.3, 0.4) is 0 Å². The van der Waals surface area contributed by atoms with Gasteiger partial charge in [0.05, 0.1) is 6.61 Å². The molecule has 0 aromatic heterocycles. The van der Waals surface area contributed by atoms with Gasteiger partial charge in [0.2, 0.25) is 0 Å². The van der Waals surface area contributed by atoms with Crippen molar-refractivity contribution in [1.29, 1.82) is 0 Å². The highest BCUT2D eigenvalue weighted by Crippen LogP contribution is 2.14. The molecule has 0 saturated heterocycles. The van der Waals surface area contributed by atoms with Gasteiger partial charge in [0.15, 0.2) is 0 Å². The summed E-state index contributed by atoms with van der Waals surface area (Å²) in [6.07, 6.45) is 1.08. The number of aryl methyl sites for hydroxylation is 1. The summed E-state index contributed by atoms with van der Waals surface area (Å²) in [4.78, 5) is 11.0. The molecule has 0 saturated carbocycles. The Bertz CT molecular complexity index is 598. The standard InChI is InChI=1S/C18H21NO3/c20-13-16-9-5-4-8-15(16)10-11-17(19-18(21)22)12-14-6-2-1-3-7-14/h1-9,17,19-20H,10-13H2,(H,21,22). The molecular formula is C18H21NO3. The molecule has 2 aromatic carbocycles. The first kappa shape index (κ1) is 16.0. The quantitative estimate of drug-likeness (QED) is 0.736. The van der Waals surface area contributed by atoms with E-state index < -0.39 is 6.09 Å². The number of rotatable bonds is 7. The Morgan fingerprint density at radius 3 is 2.27 bits per heavy atom. The molecule has 0 aliphatic heterocycles. The van der Waals surface area contributed by atoms with Gasteiger partial charge in [-0.05, 0) is 36.0 Å².